The van der Waals surface area contributed by atoms with Crippen LogP contribution in [0.15, 0.2) is 48.9 Å². The normalized spacial score (nSPS) is 19.2. The van der Waals surface area contributed by atoms with E-state index < -0.39 is 0 Å². The third-order valence-electron chi connectivity index (χ3n) is 4.97. The van der Waals surface area contributed by atoms with Crippen LogP contribution in [-0.4, -0.2) is 49.5 Å². The van der Waals surface area contributed by atoms with Crippen LogP contribution in [0, 0.1) is 0 Å². The van der Waals surface area contributed by atoms with Gasteiger partial charge in [-0.2, -0.15) is 15.0 Å². The molecule has 1 aliphatic heterocycles. The van der Waals surface area contributed by atoms with Gasteiger partial charge in [0.15, 0.2) is 0 Å². The van der Waals surface area contributed by atoms with Gasteiger partial charge in [0.2, 0.25) is 5.88 Å². The van der Waals surface area contributed by atoms with Gasteiger partial charge >= 0.3 is 0 Å². The molecule has 0 spiro atoms. The molecule has 9 heteroatoms. The van der Waals surface area contributed by atoms with Crippen molar-refractivity contribution in [3.63, 3.8) is 0 Å². The molecule has 0 bridgehead atoms. The first-order chi connectivity index (χ1) is 14.0. The molecule has 0 aliphatic carbocycles. The SMILES string of the molecule is C[C@@H]1CC[C@@H](Oc2cc(N)ccn2)CN1C(=O)c1cc(Cl)ccc1-n1nccn1. The van der Waals surface area contributed by atoms with Gasteiger partial charge < -0.3 is 15.4 Å². The Hall–Kier alpha value is -3.13. The number of hydrogen-bond donors (Lipinski definition) is 1. The maximum Gasteiger partial charge on any atom is 0.256 e. The van der Waals surface area contributed by atoms with Gasteiger partial charge in [-0.3, -0.25) is 4.79 Å². The van der Waals surface area contributed by atoms with E-state index in [2.05, 4.69) is 15.2 Å². The van der Waals surface area contributed by atoms with E-state index in [1.807, 2.05) is 6.92 Å². The molecule has 4 rings (SSSR count). The third-order valence-corrected chi connectivity index (χ3v) is 5.20. The molecule has 0 saturated carbocycles. The van der Waals surface area contributed by atoms with Crippen molar-refractivity contribution in [3.05, 3.63) is 59.5 Å². The molecule has 3 heterocycles. The number of aromatic nitrogens is 4. The summed E-state index contributed by atoms with van der Waals surface area (Å²) < 4.78 is 5.99. The van der Waals surface area contributed by atoms with Gasteiger partial charge in [-0.15, -0.1) is 0 Å². The Morgan fingerprint density at radius 2 is 1.97 bits per heavy atom. The fourth-order valence-electron chi connectivity index (χ4n) is 3.46. The third kappa shape index (κ3) is 4.17. The number of piperidine rings is 1. The summed E-state index contributed by atoms with van der Waals surface area (Å²) in [6.07, 6.45) is 6.20. The molecule has 2 aromatic heterocycles. The second-order valence-electron chi connectivity index (χ2n) is 7.03. The van der Waals surface area contributed by atoms with Crippen LogP contribution in [0.25, 0.3) is 5.69 Å². The van der Waals surface area contributed by atoms with Crippen molar-refractivity contribution >= 4 is 23.2 Å². The number of nitrogens with two attached hydrogens (primary N) is 1. The number of nitrogen functional groups attached to an aromatic ring is 1. The van der Waals surface area contributed by atoms with E-state index in [0.29, 0.717) is 34.4 Å². The summed E-state index contributed by atoms with van der Waals surface area (Å²) in [7, 11) is 0. The summed E-state index contributed by atoms with van der Waals surface area (Å²) in [5.41, 5.74) is 7.42. The van der Waals surface area contributed by atoms with Crippen LogP contribution in [0.4, 0.5) is 5.69 Å². The minimum Gasteiger partial charge on any atom is -0.472 e. The number of anilines is 1. The quantitative estimate of drug-likeness (QED) is 0.707. The average molecular weight is 413 g/mol. The van der Waals surface area contributed by atoms with E-state index in [-0.39, 0.29) is 18.1 Å². The number of carbonyl (C=O) groups excluding carboxylic acids is 1. The van der Waals surface area contributed by atoms with Gasteiger partial charge in [0.05, 0.1) is 30.2 Å². The van der Waals surface area contributed by atoms with E-state index in [9.17, 15) is 4.79 Å². The van der Waals surface area contributed by atoms with E-state index in [1.165, 1.54) is 4.80 Å². The zero-order chi connectivity index (χ0) is 20.4. The molecule has 29 heavy (non-hydrogen) atoms. The molecular formula is C20H21ClN6O2. The number of carbonyl (C=O) groups is 1. The van der Waals surface area contributed by atoms with Crippen LogP contribution < -0.4 is 10.5 Å². The second kappa shape index (κ2) is 8.08. The number of ether oxygens (including phenoxy) is 1. The van der Waals surface area contributed by atoms with Crippen molar-refractivity contribution in [2.45, 2.75) is 31.9 Å². The number of pyridine rings is 1. The predicted molar refractivity (Wildman–Crippen MR) is 109 cm³/mol. The number of amides is 1. The maximum absolute atomic E-state index is 13.4. The van der Waals surface area contributed by atoms with Crippen LogP contribution >= 0.6 is 11.6 Å². The summed E-state index contributed by atoms with van der Waals surface area (Å²) in [4.78, 5) is 20.9. The molecule has 1 aromatic carbocycles. The first kappa shape index (κ1) is 19.2. The summed E-state index contributed by atoms with van der Waals surface area (Å²) >= 11 is 6.18. The minimum absolute atomic E-state index is 0.0635. The van der Waals surface area contributed by atoms with Gasteiger partial charge in [-0.25, -0.2) is 4.98 Å². The number of rotatable bonds is 4. The van der Waals surface area contributed by atoms with Gasteiger partial charge in [-0.1, -0.05) is 11.6 Å². The number of hydrogen-bond acceptors (Lipinski definition) is 6. The van der Waals surface area contributed by atoms with Crippen LogP contribution in [0.1, 0.15) is 30.1 Å². The lowest BCUT2D eigenvalue weighted by molar-refractivity contribution is 0.0373. The molecule has 1 saturated heterocycles. The summed E-state index contributed by atoms with van der Waals surface area (Å²) in [6, 6.07) is 8.56. The fourth-order valence-corrected chi connectivity index (χ4v) is 3.63. The molecule has 3 aromatic rings. The van der Waals surface area contributed by atoms with Crippen LogP contribution in [0.5, 0.6) is 5.88 Å². The molecular weight excluding hydrogens is 392 g/mol. The number of halogens is 1. The maximum atomic E-state index is 13.4. The lowest BCUT2D eigenvalue weighted by atomic mass is 9.99. The van der Waals surface area contributed by atoms with Crippen molar-refractivity contribution in [2.24, 2.45) is 0 Å². The van der Waals surface area contributed by atoms with Crippen molar-refractivity contribution in [1.29, 1.82) is 0 Å². The second-order valence-corrected chi connectivity index (χ2v) is 7.47. The Labute approximate surface area is 173 Å². The van der Waals surface area contributed by atoms with E-state index in [4.69, 9.17) is 22.1 Å². The lowest BCUT2D eigenvalue weighted by Crippen LogP contribution is -2.49. The Bertz CT molecular complexity index is 1010. The molecule has 0 unspecified atom stereocenters. The molecule has 1 aliphatic rings. The van der Waals surface area contributed by atoms with E-state index >= 15 is 0 Å². The lowest BCUT2D eigenvalue weighted by Gasteiger charge is -2.38. The zero-order valence-electron chi connectivity index (χ0n) is 15.9. The highest BCUT2D eigenvalue weighted by Gasteiger charge is 2.32. The molecule has 1 amide bonds. The predicted octanol–water partition coefficient (Wildman–Crippen LogP) is 2.97. The number of benzene rings is 1. The number of likely N-dealkylation sites (tertiary alicyclic amines) is 1. The van der Waals surface area contributed by atoms with Crippen LogP contribution in [-0.2, 0) is 0 Å². The standard InChI is InChI=1S/C20H21ClN6O2/c1-13-2-4-16(29-19-11-15(22)6-7-23-19)12-26(13)20(28)17-10-14(21)3-5-18(17)27-24-8-9-25-27/h3,5-11,13,16H,2,4,12H2,1H3,(H2,22,23)/t13-,16-/m1/s1. The molecule has 8 nitrogen and oxygen atoms in total. The highest BCUT2D eigenvalue weighted by molar-refractivity contribution is 6.31. The van der Waals surface area contributed by atoms with Gasteiger partial charge in [0.1, 0.15) is 6.10 Å². The van der Waals surface area contributed by atoms with Crippen molar-refractivity contribution in [2.75, 3.05) is 12.3 Å². The Morgan fingerprint density at radius 3 is 2.72 bits per heavy atom. The first-order valence-electron chi connectivity index (χ1n) is 9.36. The Kier molecular flexibility index (Phi) is 5.35. The fraction of sp³-hybridized carbons (Fsp3) is 0.300. The summed E-state index contributed by atoms with van der Waals surface area (Å²) in [6.45, 7) is 2.47. The monoisotopic (exact) mass is 412 g/mol. The number of nitrogens with zero attached hydrogens (tertiary/aromatic N) is 5. The molecule has 150 valence electrons. The van der Waals surface area contributed by atoms with Gasteiger partial charge in [0.25, 0.3) is 5.91 Å². The van der Waals surface area contributed by atoms with Crippen molar-refractivity contribution in [3.8, 4) is 11.6 Å². The first-order valence-corrected chi connectivity index (χ1v) is 9.74. The van der Waals surface area contributed by atoms with E-state index in [0.717, 1.165) is 12.8 Å². The summed E-state index contributed by atoms with van der Waals surface area (Å²) in [5, 5.41) is 8.78. The average Bonchev–Trinajstić information content (AvgIpc) is 3.23. The van der Waals surface area contributed by atoms with Gasteiger partial charge in [-0.05, 0) is 44.0 Å². The topological polar surface area (TPSA) is 99.2 Å². The largest absolute Gasteiger partial charge is 0.472 e. The van der Waals surface area contributed by atoms with Crippen LogP contribution in [0.3, 0.4) is 0 Å². The molecule has 2 N–H and O–H groups in total. The minimum atomic E-state index is -0.171. The zero-order valence-corrected chi connectivity index (χ0v) is 16.7. The smallest absolute Gasteiger partial charge is 0.256 e. The van der Waals surface area contributed by atoms with Crippen molar-refractivity contribution < 1.29 is 9.53 Å². The molecule has 0 radical (unpaired) electrons. The van der Waals surface area contributed by atoms with Crippen LogP contribution in [0.2, 0.25) is 5.02 Å². The molecule has 2 atom stereocenters. The van der Waals surface area contributed by atoms with E-state index in [1.54, 1.807) is 53.8 Å². The summed E-state index contributed by atoms with van der Waals surface area (Å²) in [5.74, 6) is 0.322. The van der Waals surface area contributed by atoms with Crippen molar-refractivity contribution in [1.82, 2.24) is 24.9 Å². The van der Waals surface area contributed by atoms with Gasteiger partial charge in [0, 0.05) is 29.0 Å². The Balaban J connectivity index is 1.58. The highest BCUT2D eigenvalue weighted by atomic mass is 35.5. The molecule has 1 fully saturated rings. The Morgan fingerprint density at radius 1 is 1.17 bits per heavy atom. The highest BCUT2D eigenvalue weighted by Crippen LogP contribution is 2.26.